The van der Waals surface area contributed by atoms with Crippen molar-refractivity contribution in [2.24, 2.45) is 0 Å². The third-order valence-electron chi connectivity index (χ3n) is 3.15. The molecule has 94 valence electrons. The molecule has 0 amide bonds. The van der Waals surface area contributed by atoms with E-state index >= 15 is 0 Å². The van der Waals surface area contributed by atoms with E-state index in [-0.39, 0.29) is 0 Å². The van der Waals surface area contributed by atoms with E-state index in [9.17, 15) is 0 Å². The summed E-state index contributed by atoms with van der Waals surface area (Å²) in [6.07, 6.45) is 3.60. The molecule has 0 unspecified atom stereocenters. The Balaban J connectivity index is 2.09. The summed E-state index contributed by atoms with van der Waals surface area (Å²) in [6.45, 7) is 2.08. The molecule has 0 saturated heterocycles. The lowest BCUT2D eigenvalue weighted by Crippen LogP contribution is -1.95. The number of hydrogen-bond donors (Lipinski definition) is 2. The number of anilines is 3. The highest BCUT2D eigenvalue weighted by atomic mass is 14.9. The molecule has 3 heteroatoms. The van der Waals surface area contributed by atoms with Crippen molar-refractivity contribution < 1.29 is 0 Å². The zero-order chi connectivity index (χ0) is 13.2. The number of nitrogens with zero attached hydrogens (tertiary/aromatic N) is 1. The molecule has 1 aromatic heterocycles. The Morgan fingerprint density at radius 3 is 2.79 bits per heavy atom. The minimum Gasteiger partial charge on any atom is -0.398 e. The summed E-state index contributed by atoms with van der Waals surface area (Å²) in [6, 6.07) is 14.1. The first-order chi connectivity index (χ1) is 9.24. The second-order valence-electron chi connectivity index (χ2n) is 4.62. The van der Waals surface area contributed by atoms with Crippen LogP contribution in [0.25, 0.3) is 10.8 Å². The van der Waals surface area contributed by atoms with Gasteiger partial charge in [0.25, 0.3) is 0 Å². The Kier molecular flexibility index (Phi) is 2.80. The number of nitrogens with two attached hydrogens (primary N) is 1. The average molecular weight is 249 g/mol. The molecule has 19 heavy (non-hydrogen) atoms. The molecule has 0 radical (unpaired) electrons. The number of rotatable bonds is 2. The second-order valence-corrected chi connectivity index (χ2v) is 4.62. The summed E-state index contributed by atoms with van der Waals surface area (Å²) >= 11 is 0. The molecule has 0 fully saturated rings. The topological polar surface area (TPSA) is 50.9 Å². The maximum atomic E-state index is 5.99. The van der Waals surface area contributed by atoms with Crippen molar-refractivity contribution in [1.82, 2.24) is 4.98 Å². The monoisotopic (exact) mass is 249 g/mol. The van der Waals surface area contributed by atoms with Crippen LogP contribution >= 0.6 is 0 Å². The third kappa shape index (κ3) is 2.22. The SMILES string of the molecule is Cc1cccc(Nc2ccc(N)c3ccncc23)c1. The Morgan fingerprint density at radius 2 is 1.95 bits per heavy atom. The predicted molar refractivity (Wildman–Crippen MR) is 80.6 cm³/mol. The second kappa shape index (κ2) is 4.61. The third-order valence-corrected chi connectivity index (χ3v) is 3.15. The molecule has 0 bridgehead atoms. The molecule has 0 aliphatic rings. The van der Waals surface area contributed by atoms with Gasteiger partial charge in [-0.25, -0.2) is 0 Å². The first-order valence-electron chi connectivity index (χ1n) is 6.20. The van der Waals surface area contributed by atoms with Crippen LogP contribution in [-0.2, 0) is 0 Å². The van der Waals surface area contributed by atoms with Crippen molar-refractivity contribution in [2.75, 3.05) is 11.1 Å². The quantitative estimate of drug-likeness (QED) is 0.678. The van der Waals surface area contributed by atoms with Crippen LogP contribution in [0, 0.1) is 6.92 Å². The number of nitrogen functional groups attached to an aromatic ring is 1. The van der Waals surface area contributed by atoms with Gasteiger partial charge in [-0.2, -0.15) is 0 Å². The van der Waals surface area contributed by atoms with Gasteiger partial charge in [-0.15, -0.1) is 0 Å². The Morgan fingerprint density at radius 1 is 1.05 bits per heavy atom. The predicted octanol–water partition coefficient (Wildman–Crippen LogP) is 3.87. The zero-order valence-corrected chi connectivity index (χ0v) is 10.7. The number of benzene rings is 2. The lowest BCUT2D eigenvalue weighted by molar-refractivity contribution is 1.36. The lowest BCUT2D eigenvalue weighted by Gasteiger charge is -2.11. The van der Waals surface area contributed by atoms with Crippen molar-refractivity contribution >= 4 is 27.8 Å². The van der Waals surface area contributed by atoms with E-state index in [4.69, 9.17) is 5.73 Å². The van der Waals surface area contributed by atoms with Gasteiger partial charge in [0.05, 0.1) is 0 Å². The van der Waals surface area contributed by atoms with Crippen molar-refractivity contribution in [3.8, 4) is 0 Å². The van der Waals surface area contributed by atoms with Crippen LogP contribution in [0.1, 0.15) is 5.56 Å². The van der Waals surface area contributed by atoms with Crippen LogP contribution in [-0.4, -0.2) is 4.98 Å². The van der Waals surface area contributed by atoms with Crippen molar-refractivity contribution in [3.05, 3.63) is 60.4 Å². The number of aromatic nitrogens is 1. The van der Waals surface area contributed by atoms with Crippen LogP contribution in [0.4, 0.5) is 17.1 Å². The standard InChI is InChI=1S/C16H15N3/c1-11-3-2-4-12(9-11)19-16-6-5-15(17)13-7-8-18-10-14(13)16/h2-10,19H,17H2,1H3. The van der Waals surface area contributed by atoms with Crippen LogP contribution in [0.5, 0.6) is 0 Å². The maximum absolute atomic E-state index is 5.99. The summed E-state index contributed by atoms with van der Waals surface area (Å²) < 4.78 is 0. The number of aryl methyl sites for hydroxylation is 1. The smallest absolute Gasteiger partial charge is 0.0481 e. The Labute approximate surface area is 112 Å². The van der Waals surface area contributed by atoms with Gasteiger partial charge in [0.15, 0.2) is 0 Å². The van der Waals surface area contributed by atoms with E-state index in [1.54, 1.807) is 6.20 Å². The molecule has 2 aromatic carbocycles. The van der Waals surface area contributed by atoms with Gasteiger partial charge >= 0.3 is 0 Å². The molecule has 3 rings (SSSR count). The molecule has 0 spiro atoms. The number of nitrogens with one attached hydrogen (secondary N) is 1. The van der Waals surface area contributed by atoms with Crippen molar-refractivity contribution in [1.29, 1.82) is 0 Å². The number of pyridine rings is 1. The van der Waals surface area contributed by atoms with Gasteiger partial charge < -0.3 is 11.1 Å². The van der Waals surface area contributed by atoms with Gasteiger partial charge in [0.1, 0.15) is 0 Å². The van der Waals surface area contributed by atoms with Gasteiger partial charge in [-0.05, 0) is 42.8 Å². The van der Waals surface area contributed by atoms with Gasteiger partial charge in [0.2, 0.25) is 0 Å². The van der Waals surface area contributed by atoms with Gasteiger partial charge in [-0.3, -0.25) is 4.98 Å². The molecule has 0 atom stereocenters. The highest BCUT2D eigenvalue weighted by Crippen LogP contribution is 2.29. The summed E-state index contributed by atoms with van der Waals surface area (Å²) in [7, 11) is 0. The van der Waals surface area contributed by atoms with E-state index < -0.39 is 0 Å². The van der Waals surface area contributed by atoms with E-state index in [1.807, 2.05) is 36.5 Å². The highest BCUT2D eigenvalue weighted by Gasteiger charge is 2.04. The summed E-state index contributed by atoms with van der Waals surface area (Å²) in [5.41, 5.74) is 10.1. The van der Waals surface area contributed by atoms with Crippen molar-refractivity contribution in [2.45, 2.75) is 6.92 Å². The normalized spacial score (nSPS) is 10.6. The first kappa shape index (κ1) is 11.5. The summed E-state index contributed by atoms with van der Waals surface area (Å²) in [5, 5.41) is 5.47. The molecule has 3 N–H and O–H groups in total. The lowest BCUT2D eigenvalue weighted by atomic mass is 10.1. The fourth-order valence-corrected chi connectivity index (χ4v) is 2.20. The van der Waals surface area contributed by atoms with Crippen LogP contribution in [0.2, 0.25) is 0 Å². The zero-order valence-electron chi connectivity index (χ0n) is 10.7. The Bertz CT molecular complexity index is 735. The van der Waals surface area contributed by atoms with E-state index in [0.29, 0.717) is 0 Å². The molecular weight excluding hydrogens is 234 g/mol. The molecule has 0 saturated carbocycles. The molecule has 3 aromatic rings. The van der Waals surface area contributed by atoms with Gasteiger partial charge in [0, 0.05) is 40.2 Å². The fraction of sp³-hybridized carbons (Fsp3) is 0.0625. The summed E-state index contributed by atoms with van der Waals surface area (Å²) in [5.74, 6) is 0. The minimum atomic E-state index is 0.771. The van der Waals surface area contributed by atoms with E-state index in [0.717, 1.165) is 27.8 Å². The molecular formula is C16H15N3. The fourth-order valence-electron chi connectivity index (χ4n) is 2.20. The highest BCUT2D eigenvalue weighted by molar-refractivity contribution is 6.01. The first-order valence-corrected chi connectivity index (χ1v) is 6.20. The van der Waals surface area contributed by atoms with E-state index in [1.165, 1.54) is 5.56 Å². The number of hydrogen-bond acceptors (Lipinski definition) is 3. The van der Waals surface area contributed by atoms with Crippen molar-refractivity contribution in [3.63, 3.8) is 0 Å². The molecule has 3 nitrogen and oxygen atoms in total. The summed E-state index contributed by atoms with van der Waals surface area (Å²) in [4.78, 5) is 4.18. The molecule has 1 heterocycles. The van der Waals surface area contributed by atoms with Crippen LogP contribution in [0.3, 0.4) is 0 Å². The number of fused-ring (bicyclic) bond motifs is 1. The van der Waals surface area contributed by atoms with Crippen LogP contribution < -0.4 is 11.1 Å². The molecule has 0 aliphatic heterocycles. The minimum absolute atomic E-state index is 0.771. The van der Waals surface area contributed by atoms with Gasteiger partial charge in [-0.1, -0.05) is 12.1 Å². The maximum Gasteiger partial charge on any atom is 0.0481 e. The Hall–Kier alpha value is -2.55. The largest absolute Gasteiger partial charge is 0.398 e. The van der Waals surface area contributed by atoms with Crippen LogP contribution in [0.15, 0.2) is 54.9 Å². The molecule has 0 aliphatic carbocycles. The average Bonchev–Trinajstić information content (AvgIpc) is 2.42. The van der Waals surface area contributed by atoms with E-state index in [2.05, 4.69) is 29.4 Å².